The van der Waals surface area contributed by atoms with Gasteiger partial charge in [-0.05, 0) is 37.1 Å². The van der Waals surface area contributed by atoms with Crippen molar-refractivity contribution in [2.24, 2.45) is 0 Å². The zero-order chi connectivity index (χ0) is 23.0. The fourth-order valence-corrected chi connectivity index (χ4v) is 5.66. The molecule has 0 radical (unpaired) electrons. The highest BCUT2D eigenvalue weighted by atomic mass is 32.2. The number of nitrogens with zero attached hydrogens (tertiary/aromatic N) is 3. The van der Waals surface area contributed by atoms with Crippen LogP contribution in [0, 0.1) is 18.6 Å². The van der Waals surface area contributed by atoms with E-state index in [0.29, 0.717) is 12.0 Å². The van der Waals surface area contributed by atoms with E-state index in [1.807, 2.05) is 38.1 Å². The highest BCUT2D eigenvalue weighted by molar-refractivity contribution is 7.89. The summed E-state index contributed by atoms with van der Waals surface area (Å²) in [7, 11) is -4.36. The molecule has 1 fully saturated rings. The van der Waals surface area contributed by atoms with Gasteiger partial charge >= 0.3 is 0 Å². The maximum Gasteiger partial charge on any atom is 0.254 e. The molecule has 0 saturated carbocycles. The molecule has 6 nitrogen and oxygen atoms in total. The lowest BCUT2D eigenvalue weighted by molar-refractivity contribution is 0.0698. The number of aryl methyl sites for hydroxylation is 1. The smallest absolute Gasteiger partial charge is 0.254 e. The molecule has 1 saturated heterocycles. The average Bonchev–Trinajstić information content (AvgIpc) is 2.78. The van der Waals surface area contributed by atoms with Crippen molar-refractivity contribution >= 4 is 26.8 Å². The number of benzene rings is 2. The normalized spacial score (nSPS) is 15.3. The molecule has 0 aliphatic carbocycles. The number of para-hydroxylation sites is 1. The number of carbonyl (C=O) groups is 1. The minimum Gasteiger partial charge on any atom is -0.336 e. The van der Waals surface area contributed by atoms with Gasteiger partial charge < -0.3 is 4.90 Å². The molecule has 3 aromatic rings. The van der Waals surface area contributed by atoms with Gasteiger partial charge in [0.2, 0.25) is 10.0 Å². The molecule has 1 aliphatic rings. The standard InChI is InChI=1S/C23H23F2N3O3S/c1-3-19-15(2)21(16-7-4-5-10-20(16)26-19)23(29)27-11-13-28(14-12-27)32(30,31)22-17(24)8-6-9-18(22)25/h4-10H,3,11-14H2,1-2H3. The first-order chi connectivity index (χ1) is 15.3. The summed E-state index contributed by atoms with van der Waals surface area (Å²) < 4.78 is 54.8. The predicted octanol–water partition coefficient (Wildman–Crippen LogP) is 3.53. The van der Waals surface area contributed by atoms with Gasteiger partial charge in [0.15, 0.2) is 4.90 Å². The third-order valence-corrected chi connectivity index (χ3v) is 7.78. The summed E-state index contributed by atoms with van der Waals surface area (Å²) in [6.45, 7) is 3.98. The van der Waals surface area contributed by atoms with Crippen molar-refractivity contribution in [2.45, 2.75) is 25.2 Å². The number of fused-ring (bicyclic) bond motifs is 1. The van der Waals surface area contributed by atoms with E-state index in [1.54, 1.807) is 4.90 Å². The summed E-state index contributed by atoms with van der Waals surface area (Å²) in [5.74, 6) is -2.46. The van der Waals surface area contributed by atoms with Crippen LogP contribution in [-0.2, 0) is 16.4 Å². The van der Waals surface area contributed by atoms with Crippen LogP contribution in [0.5, 0.6) is 0 Å². The number of halogens is 2. The van der Waals surface area contributed by atoms with Crippen LogP contribution >= 0.6 is 0 Å². The molecule has 32 heavy (non-hydrogen) atoms. The number of piperazine rings is 1. The third kappa shape index (κ3) is 3.75. The van der Waals surface area contributed by atoms with Gasteiger partial charge in [-0.15, -0.1) is 0 Å². The Hall–Kier alpha value is -2.91. The van der Waals surface area contributed by atoms with Gasteiger partial charge in [-0.2, -0.15) is 4.31 Å². The maximum absolute atomic E-state index is 14.1. The van der Waals surface area contributed by atoms with Gasteiger partial charge in [0.1, 0.15) is 11.6 Å². The molecule has 0 bridgehead atoms. The first-order valence-electron chi connectivity index (χ1n) is 10.4. The van der Waals surface area contributed by atoms with Crippen LogP contribution in [0.1, 0.15) is 28.5 Å². The Labute approximate surface area is 185 Å². The fraction of sp³-hybridized carbons (Fsp3) is 0.304. The number of aromatic nitrogens is 1. The van der Waals surface area contributed by atoms with Crippen LogP contribution in [-0.4, -0.2) is 54.7 Å². The second kappa shape index (κ2) is 8.55. The minimum atomic E-state index is -4.36. The second-order valence-corrected chi connectivity index (χ2v) is 9.55. The number of carbonyl (C=O) groups excluding carboxylic acids is 1. The van der Waals surface area contributed by atoms with E-state index in [1.165, 1.54) is 0 Å². The van der Waals surface area contributed by atoms with Gasteiger partial charge in [0, 0.05) is 37.3 Å². The van der Waals surface area contributed by atoms with E-state index < -0.39 is 26.6 Å². The first-order valence-corrected chi connectivity index (χ1v) is 11.8. The molecule has 0 N–H and O–H groups in total. The molecule has 0 unspecified atom stereocenters. The van der Waals surface area contributed by atoms with Crippen LogP contribution in [0.25, 0.3) is 10.9 Å². The van der Waals surface area contributed by atoms with Gasteiger partial charge in [-0.1, -0.05) is 31.2 Å². The molecule has 4 rings (SSSR count). The van der Waals surface area contributed by atoms with E-state index in [9.17, 15) is 22.0 Å². The molecule has 2 aromatic carbocycles. The predicted molar refractivity (Wildman–Crippen MR) is 117 cm³/mol. The summed E-state index contributed by atoms with van der Waals surface area (Å²) in [5.41, 5.74) is 2.93. The first kappa shape index (κ1) is 22.3. The molecular formula is C23H23F2N3O3S. The molecule has 9 heteroatoms. The minimum absolute atomic E-state index is 0.0510. The summed E-state index contributed by atoms with van der Waals surface area (Å²) in [6, 6.07) is 10.4. The van der Waals surface area contributed by atoms with Crippen molar-refractivity contribution in [1.82, 2.24) is 14.2 Å². The lowest BCUT2D eigenvalue weighted by Gasteiger charge is -2.34. The molecule has 2 heterocycles. The lowest BCUT2D eigenvalue weighted by atomic mass is 9.99. The van der Waals surface area contributed by atoms with Gasteiger partial charge in [0.25, 0.3) is 5.91 Å². The summed E-state index contributed by atoms with van der Waals surface area (Å²) in [5, 5.41) is 0.746. The van der Waals surface area contributed by atoms with E-state index in [4.69, 9.17) is 0 Å². The summed E-state index contributed by atoms with van der Waals surface area (Å²) in [6.07, 6.45) is 0.678. The van der Waals surface area contributed by atoms with Crippen LogP contribution in [0.15, 0.2) is 47.4 Å². The SMILES string of the molecule is CCc1nc2ccccc2c(C(=O)N2CCN(S(=O)(=O)c3c(F)cccc3F)CC2)c1C. The Bertz CT molecular complexity index is 1280. The Morgan fingerprint density at radius 2 is 1.62 bits per heavy atom. The van der Waals surface area contributed by atoms with Crippen LogP contribution in [0.4, 0.5) is 8.78 Å². The Kier molecular flexibility index (Phi) is 5.96. The monoisotopic (exact) mass is 459 g/mol. The highest BCUT2D eigenvalue weighted by Crippen LogP contribution is 2.27. The van der Waals surface area contributed by atoms with Gasteiger partial charge in [0.05, 0.1) is 11.1 Å². The van der Waals surface area contributed by atoms with Crippen molar-refractivity contribution < 1.29 is 22.0 Å². The topological polar surface area (TPSA) is 70.6 Å². The van der Waals surface area contributed by atoms with Crippen molar-refractivity contribution in [1.29, 1.82) is 0 Å². The van der Waals surface area contributed by atoms with Gasteiger partial charge in [-0.3, -0.25) is 9.78 Å². The lowest BCUT2D eigenvalue weighted by Crippen LogP contribution is -2.50. The van der Waals surface area contributed by atoms with E-state index in [-0.39, 0.29) is 32.1 Å². The van der Waals surface area contributed by atoms with E-state index in [0.717, 1.165) is 44.7 Å². The van der Waals surface area contributed by atoms with Gasteiger partial charge in [-0.25, -0.2) is 17.2 Å². The number of hydrogen-bond acceptors (Lipinski definition) is 4. The van der Waals surface area contributed by atoms with E-state index >= 15 is 0 Å². The second-order valence-electron chi connectivity index (χ2n) is 7.68. The summed E-state index contributed by atoms with van der Waals surface area (Å²) >= 11 is 0. The quantitative estimate of drug-likeness (QED) is 0.599. The highest BCUT2D eigenvalue weighted by Gasteiger charge is 2.35. The molecule has 1 amide bonds. The van der Waals surface area contributed by atoms with Crippen LogP contribution in [0.2, 0.25) is 0 Å². The molecule has 1 aliphatic heterocycles. The van der Waals surface area contributed by atoms with Crippen LogP contribution in [0.3, 0.4) is 0 Å². The average molecular weight is 460 g/mol. The number of amides is 1. The molecule has 168 valence electrons. The molecule has 0 spiro atoms. The van der Waals surface area contributed by atoms with Crippen molar-refractivity contribution in [3.63, 3.8) is 0 Å². The Morgan fingerprint density at radius 3 is 2.25 bits per heavy atom. The van der Waals surface area contributed by atoms with Crippen molar-refractivity contribution in [3.05, 3.63) is 70.9 Å². The number of pyridine rings is 1. The Balaban J connectivity index is 1.61. The zero-order valence-corrected chi connectivity index (χ0v) is 18.6. The third-order valence-electron chi connectivity index (χ3n) is 5.83. The van der Waals surface area contributed by atoms with Crippen molar-refractivity contribution in [2.75, 3.05) is 26.2 Å². The largest absolute Gasteiger partial charge is 0.336 e. The molecular weight excluding hydrogens is 436 g/mol. The molecule has 0 atom stereocenters. The van der Waals surface area contributed by atoms with Crippen LogP contribution < -0.4 is 0 Å². The van der Waals surface area contributed by atoms with Crippen molar-refractivity contribution in [3.8, 4) is 0 Å². The number of rotatable bonds is 4. The maximum atomic E-state index is 14.1. The zero-order valence-electron chi connectivity index (χ0n) is 17.8. The number of hydrogen-bond donors (Lipinski definition) is 0. The Morgan fingerprint density at radius 1 is 1.00 bits per heavy atom. The molecule has 1 aromatic heterocycles. The number of sulfonamides is 1. The van der Waals surface area contributed by atoms with E-state index in [2.05, 4.69) is 4.98 Å². The fourth-order valence-electron chi connectivity index (χ4n) is 4.13. The summed E-state index contributed by atoms with van der Waals surface area (Å²) in [4.78, 5) is 18.7.